The van der Waals surface area contributed by atoms with E-state index in [9.17, 15) is 9.90 Å². The second-order valence-corrected chi connectivity index (χ2v) is 5.51. The van der Waals surface area contributed by atoms with Gasteiger partial charge in [-0.15, -0.1) is 0 Å². The van der Waals surface area contributed by atoms with Gasteiger partial charge in [0.1, 0.15) is 0 Å². The minimum absolute atomic E-state index is 0.138. The second-order valence-electron chi connectivity index (χ2n) is 5.07. The summed E-state index contributed by atoms with van der Waals surface area (Å²) in [5, 5.41) is 13.5. The zero-order chi connectivity index (χ0) is 14.4. The maximum atomic E-state index is 11.9. The third kappa shape index (κ3) is 4.47. The van der Waals surface area contributed by atoms with Gasteiger partial charge in [-0.1, -0.05) is 11.6 Å². The van der Waals surface area contributed by atoms with Crippen LogP contribution < -0.4 is 5.32 Å². The number of ether oxygens (including phenoxy) is 1. The molecule has 0 bridgehead atoms. The van der Waals surface area contributed by atoms with Crippen LogP contribution in [0.25, 0.3) is 0 Å². The number of rotatable bonds is 5. The molecule has 1 aromatic carbocycles. The number of halogens is 1. The highest BCUT2D eigenvalue weighted by Gasteiger charge is 2.21. The predicted molar refractivity (Wildman–Crippen MR) is 78.0 cm³/mol. The number of aliphatic hydroxyl groups is 1. The molecule has 1 aromatic rings. The van der Waals surface area contributed by atoms with E-state index in [-0.39, 0.29) is 17.9 Å². The van der Waals surface area contributed by atoms with Crippen LogP contribution in [0.15, 0.2) is 24.3 Å². The number of hydrogen-bond acceptors (Lipinski definition) is 3. The number of nitrogens with one attached hydrogen (secondary N) is 1. The number of aliphatic hydroxyl groups excluding tert-OH is 1. The highest BCUT2D eigenvalue weighted by molar-refractivity contribution is 6.30. The molecule has 1 aliphatic rings. The minimum Gasteiger partial charge on any atom is -0.393 e. The summed E-state index contributed by atoms with van der Waals surface area (Å²) in [6, 6.07) is 6.75. The molecule has 5 heteroatoms. The molecule has 0 saturated carbocycles. The van der Waals surface area contributed by atoms with Gasteiger partial charge in [-0.05, 0) is 49.4 Å². The SMILES string of the molecule is O=C(NCC[C@H](O)C1CCOCC1)c1ccc(Cl)cc1. The van der Waals surface area contributed by atoms with Crippen molar-refractivity contribution < 1.29 is 14.6 Å². The number of carbonyl (C=O) groups is 1. The van der Waals surface area contributed by atoms with Gasteiger partial charge in [-0.3, -0.25) is 4.79 Å². The predicted octanol–water partition coefficient (Wildman–Crippen LogP) is 2.25. The first-order valence-electron chi connectivity index (χ1n) is 6.96. The second kappa shape index (κ2) is 7.62. The molecule has 1 fully saturated rings. The smallest absolute Gasteiger partial charge is 0.251 e. The minimum atomic E-state index is -0.371. The average Bonchev–Trinajstić information content (AvgIpc) is 2.48. The fourth-order valence-electron chi connectivity index (χ4n) is 2.37. The van der Waals surface area contributed by atoms with Crippen LogP contribution >= 0.6 is 11.6 Å². The molecule has 4 nitrogen and oxygen atoms in total. The van der Waals surface area contributed by atoms with E-state index >= 15 is 0 Å². The molecule has 0 unspecified atom stereocenters. The quantitative estimate of drug-likeness (QED) is 0.876. The van der Waals surface area contributed by atoms with Gasteiger partial charge >= 0.3 is 0 Å². The van der Waals surface area contributed by atoms with Crippen LogP contribution in [0.1, 0.15) is 29.6 Å². The van der Waals surface area contributed by atoms with E-state index in [0.29, 0.717) is 23.6 Å². The van der Waals surface area contributed by atoms with Crippen molar-refractivity contribution in [2.45, 2.75) is 25.4 Å². The molecule has 0 aliphatic carbocycles. The zero-order valence-electron chi connectivity index (χ0n) is 11.3. The fourth-order valence-corrected chi connectivity index (χ4v) is 2.50. The summed E-state index contributed by atoms with van der Waals surface area (Å²) >= 11 is 5.77. The molecule has 1 amide bonds. The number of amides is 1. The highest BCUT2D eigenvalue weighted by Crippen LogP contribution is 2.20. The third-order valence-electron chi connectivity index (χ3n) is 3.64. The standard InChI is InChI=1S/C15H20ClNO3/c16-13-3-1-12(2-4-13)15(19)17-8-5-14(18)11-6-9-20-10-7-11/h1-4,11,14,18H,5-10H2,(H,17,19)/t14-/m0/s1. The van der Waals surface area contributed by atoms with Crippen LogP contribution in [0.5, 0.6) is 0 Å². The first-order chi connectivity index (χ1) is 9.66. The van der Waals surface area contributed by atoms with Crippen molar-refractivity contribution in [3.05, 3.63) is 34.9 Å². The summed E-state index contributed by atoms with van der Waals surface area (Å²) in [7, 11) is 0. The van der Waals surface area contributed by atoms with Gasteiger partial charge in [0.05, 0.1) is 6.10 Å². The molecular weight excluding hydrogens is 278 g/mol. The van der Waals surface area contributed by atoms with Crippen LogP contribution in [0.4, 0.5) is 0 Å². The van der Waals surface area contributed by atoms with Crippen LogP contribution in [-0.2, 0) is 4.74 Å². The molecule has 110 valence electrons. The van der Waals surface area contributed by atoms with Gasteiger partial charge in [0, 0.05) is 30.3 Å². The van der Waals surface area contributed by atoms with E-state index in [4.69, 9.17) is 16.3 Å². The Morgan fingerprint density at radius 3 is 2.65 bits per heavy atom. The Kier molecular flexibility index (Phi) is 5.83. The fraction of sp³-hybridized carbons (Fsp3) is 0.533. The summed E-state index contributed by atoms with van der Waals surface area (Å²) in [6.45, 7) is 1.91. The van der Waals surface area contributed by atoms with Crippen LogP contribution in [0, 0.1) is 5.92 Å². The van der Waals surface area contributed by atoms with E-state index in [2.05, 4.69) is 5.32 Å². The lowest BCUT2D eigenvalue weighted by Gasteiger charge is -2.26. The Morgan fingerprint density at radius 1 is 1.35 bits per heavy atom. The molecule has 0 spiro atoms. The van der Waals surface area contributed by atoms with Crippen molar-refractivity contribution in [3.63, 3.8) is 0 Å². The van der Waals surface area contributed by atoms with Gasteiger partial charge in [-0.25, -0.2) is 0 Å². The lowest BCUT2D eigenvalue weighted by atomic mass is 9.92. The summed E-state index contributed by atoms with van der Waals surface area (Å²) in [5.41, 5.74) is 0.579. The molecule has 1 heterocycles. The molecule has 1 aliphatic heterocycles. The Labute approximate surface area is 124 Å². The van der Waals surface area contributed by atoms with E-state index in [1.807, 2.05) is 0 Å². The highest BCUT2D eigenvalue weighted by atomic mass is 35.5. The normalized spacial score (nSPS) is 17.7. The molecule has 1 saturated heterocycles. The number of hydrogen-bond donors (Lipinski definition) is 2. The molecular formula is C15H20ClNO3. The van der Waals surface area contributed by atoms with Crippen molar-refractivity contribution in [1.29, 1.82) is 0 Å². The van der Waals surface area contributed by atoms with Crippen LogP contribution in [0.3, 0.4) is 0 Å². The average molecular weight is 298 g/mol. The molecule has 2 rings (SSSR count). The van der Waals surface area contributed by atoms with E-state index in [0.717, 1.165) is 26.1 Å². The van der Waals surface area contributed by atoms with E-state index in [1.54, 1.807) is 24.3 Å². The third-order valence-corrected chi connectivity index (χ3v) is 3.89. The maximum absolute atomic E-state index is 11.9. The molecule has 1 atom stereocenters. The van der Waals surface area contributed by atoms with Gasteiger partial charge in [0.25, 0.3) is 5.91 Å². The Hall–Kier alpha value is -1.10. The van der Waals surface area contributed by atoms with Crippen LogP contribution in [-0.4, -0.2) is 36.9 Å². The lowest BCUT2D eigenvalue weighted by Crippen LogP contribution is -2.32. The van der Waals surface area contributed by atoms with Crippen molar-refractivity contribution in [3.8, 4) is 0 Å². The zero-order valence-corrected chi connectivity index (χ0v) is 12.1. The van der Waals surface area contributed by atoms with Gasteiger partial charge in [0.15, 0.2) is 0 Å². The van der Waals surface area contributed by atoms with Crippen LogP contribution in [0.2, 0.25) is 5.02 Å². The van der Waals surface area contributed by atoms with E-state index < -0.39 is 0 Å². The number of carbonyl (C=O) groups excluding carboxylic acids is 1. The van der Waals surface area contributed by atoms with Crippen molar-refractivity contribution in [2.24, 2.45) is 5.92 Å². The van der Waals surface area contributed by atoms with Gasteiger partial charge < -0.3 is 15.2 Å². The lowest BCUT2D eigenvalue weighted by molar-refractivity contribution is 0.00528. The van der Waals surface area contributed by atoms with Crippen molar-refractivity contribution in [1.82, 2.24) is 5.32 Å². The largest absolute Gasteiger partial charge is 0.393 e. The number of benzene rings is 1. The van der Waals surface area contributed by atoms with Gasteiger partial charge in [-0.2, -0.15) is 0 Å². The Balaban J connectivity index is 1.72. The summed E-state index contributed by atoms with van der Waals surface area (Å²) in [5.74, 6) is 0.150. The maximum Gasteiger partial charge on any atom is 0.251 e. The van der Waals surface area contributed by atoms with Gasteiger partial charge in [0.2, 0.25) is 0 Å². The van der Waals surface area contributed by atoms with Crippen molar-refractivity contribution in [2.75, 3.05) is 19.8 Å². The Bertz CT molecular complexity index is 429. The summed E-state index contributed by atoms with van der Waals surface area (Å²) < 4.78 is 5.27. The topological polar surface area (TPSA) is 58.6 Å². The Morgan fingerprint density at radius 2 is 2.00 bits per heavy atom. The first kappa shape index (κ1) is 15.3. The van der Waals surface area contributed by atoms with E-state index in [1.165, 1.54) is 0 Å². The molecule has 20 heavy (non-hydrogen) atoms. The summed E-state index contributed by atoms with van der Waals surface area (Å²) in [6.07, 6.45) is 1.99. The first-order valence-corrected chi connectivity index (χ1v) is 7.34. The monoisotopic (exact) mass is 297 g/mol. The molecule has 0 radical (unpaired) electrons. The van der Waals surface area contributed by atoms with Crippen molar-refractivity contribution >= 4 is 17.5 Å². The summed E-state index contributed by atoms with van der Waals surface area (Å²) in [4.78, 5) is 11.9. The molecule has 0 aromatic heterocycles. The molecule has 2 N–H and O–H groups in total.